The minimum absolute atomic E-state index is 0.00564. The molecule has 0 aliphatic heterocycles. The van der Waals surface area contributed by atoms with Crippen molar-refractivity contribution in [1.29, 1.82) is 0 Å². The summed E-state index contributed by atoms with van der Waals surface area (Å²) in [5, 5.41) is 15.4. The molecule has 0 fully saturated rings. The zero-order chi connectivity index (χ0) is 21.1. The van der Waals surface area contributed by atoms with E-state index in [1.165, 1.54) is 12.1 Å². The molecule has 0 N–H and O–H groups in total. The number of halogens is 1. The lowest BCUT2D eigenvalue weighted by molar-refractivity contribution is -0.384. The first-order valence-electron chi connectivity index (χ1n) is 9.06. The van der Waals surface area contributed by atoms with Crippen LogP contribution in [-0.2, 0) is 6.61 Å². The molecular weight excluding hydrogens is 406 g/mol. The predicted octanol–water partition coefficient (Wildman–Crippen LogP) is 5.85. The Morgan fingerprint density at radius 3 is 2.60 bits per heavy atom. The third-order valence-corrected chi connectivity index (χ3v) is 4.70. The predicted molar refractivity (Wildman–Crippen MR) is 112 cm³/mol. The molecule has 1 heterocycles. The Kier molecular flexibility index (Phi) is 5.45. The largest absolute Gasteiger partial charge is 0.489 e. The fraction of sp³-hybridized carbons (Fsp3) is 0.0909. The summed E-state index contributed by atoms with van der Waals surface area (Å²) in [5.41, 5.74) is 3.30. The Bertz CT molecular complexity index is 1210. The van der Waals surface area contributed by atoms with E-state index < -0.39 is 4.92 Å². The Hall–Kier alpha value is -3.71. The zero-order valence-corrected chi connectivity index (χ0v) is 16.7. The van der Waals surface area contributed by atoms with Crippen LogP contribution in [0.3, 0.4) is 0 Å². The van der Waals surface area contributed by atoms with Crippen molar-refractivity contribution in [2.45, 2.75) is 13.5 Å². The van der Waals surface area contributed by atoms with Crippen molar-refractivity contribution in [3.8, 4) is 28.6 Å². The minimum Gasteiger partial charge on any atom is -0.489 e. The van der Waals surface area contributed by atoms with E-state index in [0.717, 1.165) is 22.4 Å². The molecule has 4 aromatic rings. The number of nitro benzene ring substituents is 1. The van der Waals surface area contributed by atoms with Gasteiger partial charge in [0.2, 0.25) is 5.82 Å². The van der Waals surface area contributed by atoms with E-state index in [0.29, 0.717) is 28.9 Å². The van der Waals surface area contributed by atoms with Gasteiger partial charge in [-0.25, -0.2) is 0 Å². The second-order valence-electron chi connectivity index (χ2n) is 6.63. The van der Waals surface area contributed by atoms with Crippen LogP contribution in [0.4, 0.5) is 5.69 Å². The van der Waals surface area contributed by atoms with Crippen LogP contribution in [0.15, 0.2) is 71.3 Å². The molecule has 0 bridgehead atoms. The van der Waals surface area contributed by atoms with Crippen LogP contribution in [0.1, 0.15) is 11.1 Å². The maximum atomic E-state index is 10.8. The summed E-state index contributed by atoms with van der Waals surface area (Å²) in [4.78, 5) is 14.7. The van der Waals surface area contributed by atoms with Crippen LogP contribution in [-0.4, -0.2) is 15.1 Å². The Labute approximate surface area is 177 Å². The monoisotopic (exact) mass is 421 g/mol. The number of aromatic nitrogens is 2. The summed E-state index contributed by atoms with van der Waals surface area (Å²) in [5.74, 6) is 1.48. The molecule has 0 atom stereocenters. The van der Waals surface area contributed by atoms with E-state index in [9.17, 15) is 10.1 Å². The number of non-ortho nitro benzene ring substituents is 1. The molecule has 7 nitrogen and oxygen atoms in total. The van der Waals surface area contributed by atoms with Gasteiger partial charge in [0, 0.05) is 28.3 Å². The van der Waals surface area contributed by atoms with E-state index in [-0.39, 0.29) is 5.69 Å². The van der Waals surface area contributed by atoms with E-state index in [1.54, 1.807) is 18.2 Å². The van der Waals surface area contributed by atoms with Gasteiger partial charge in [0.25, 0.3) is 11.6 Å². The summed E-state index contributed by atoms with van der Waals surface area (Å²) in [6.07, 6.45) is 0. The van der Waals surface area contributed by atoms with Crippen molar-refractivity contribution >= 4 is 17.3 Å². The van der Waals surface area contributed by atoms with Crippen LogP contribution in [0.25, 0.3) is 22.8 Å². The van der Waals surface area contributed by atoms with E-state index in [4.69, 9.17) is 20.9 Å². The highest BCUT2D eigenvalue weighted by atomic mass is 35.5. The van der Waals surface area contributed by atoms with Gasteiger partial charge in [0.1, 0.15) is 12.4 Å². The molecule has 4 rings (SSSR count). The quantitative estimate of drug-likeness (QED) is 0.286. The van der Waals surface area contributed by atoms with Gasteiger partial charge < -0.3 is 9.26 Å². The van der Waals surface area contributed by atoms with Crippen molar-refractivity contribution in [1.82, 2.24) is 10.1 Å². The van der Waals surface area contributed by atoms with Crippen LogP contribution in [0.5, 0.6) is 5.75 Å². The first kappa shape index (κ1) is 19.6. The first-order chi connectivity index (χ1) is 14.5. The Balaban J connectivity index is 1.50. The lowest BCUT2D eigenvalue weighted by Gasteiger charge is -2.09. The Morgan fingerprint density at radius 2 is 1.87 bits per heavy atom. The molecule has 8 heteroatoms. The number of hydrogen-bond donors (Lipinski definition) is 0. The molecule has 30 heavy (non-hydrogen) atoms. The second-order valence-corrected chi connectivity index (χ2v) is 7.06. The van der Waals surface area contributed by atoms with Crippen molar-refractivity contribution in [2.24, 2.45) is 0 Å². The summed E-state index contributed by atoms with van der Waals surface area (Å²) in [6, 6.07) is 19.1. The number of nitrogens with zero attached hydrogens (tertiary/aromatic N) is 3. The molecule has 0 unspecified atom stereocenters. The van der Waals surface area contributed by atoms with E-state index in [2.05, 4.69) is 10.1 Å². The standard InChI is InChI=1S/C22H16ClN3O4/c1-14-11-18(23)7-10-20(14)29-13-15-3-2-4-17(12-15)22-24-21(25-30-22)16-5-8-19(9-6-16)26(27)28/h2-12H,13H2,1H3. The minimum atomic E-state index is -0.454. The molecule has 0 radical (unpaired) electrons. The lowest BCUT2D eigenvalue weighted by Crippen LogP contribution is -1.97. The summed E-state index contributed by atoms with van der Waals surface area (Å²) >= 11 is 5.98. The fourth-order valence-corrected chi connectivity index (χ4v) is 3.15. The molecule has 1 aromatic heterocycles. The van der Waals surface area contributed by atoms with Crippen molar-refractivity contribution in [3.05, 3.63) is 93.0 Å². The summed E-state index contributed by atoms with van der Waals surface area (Å²) in [6.45, 7) is 2.31. The highest BCUT2D eigenvalue weighted by Gasteiger charge is 2.13. The van der Waals surface area contributed by atoms with Gasteiger partial charge in [-0.15, -0.1) is 0 Å². The van der Waals surface area contributed by atoms with Crippen LogP contribution < -0.4 is 4.74 Å². The smallest absolute Gasteiger partial charge is 0.269 e. The average molecular weight is 422 g/mol. The van der Waals surface area contributed by atoms with Gasteiger partial charge in [-0.3, -0.25) is 10.1 Å². The Morgan fingerprint density at radius 1 is 1.07 bits per heavy atom. The SMILES string of the molecule is Cc1cc(Cl)ccc1OCc1cccc(-c2nc(-c3ccc([N+](=O)[O-])cc3)no2)c1. The maximum absolute atomic E-state index is 10.8. The number of rotatable bonds is 6. The highest BCUT2D eigenvalue weighted by Crippen LogP contribution is 2.26. The van der Waals surface area contributed by atoms with Crippen molar-refractivity contribution in [2.75, 3.05) is 0 Å². The molecule has 0 amide bonds. The highest BCUT2D eigenvalue weighted by molar-refractivity contribution is 6.30. The zero-order valence-electron chi connectivity index (χ0n) is 15.9. The van der Waals surface area contributed by atoms with Gasteiger partial charge in [-0.05, 0) is 60.5 Å². The molecule has 3 aromatic carbocycles. The second kappa shape index (κ2) is 8.34. The molecule has 0 saturated heterocycles. The van der Waals surface area contributed by atoms with Gasteiger partial charge in [-0.2, -0.15) is 4.98 Å². The van der Waals surface area contributed by atoms with Gasteiger partial charge in [-0.1, -0.05) is 28.9 Å². The van der Waals surface area contributed by atoms with Crippen LogP contribution in [0, 0.1) is 17.0 Å². The number of benzene rings is 3. The molecule has 0 aliphatic carbocycles. The van der Waals surface area contributed by atoms with E-state index in [1.807, 2.05) is 43.3 Å². The third-order valence-electron chi connectivity index (χ3n) is 4.47. The first-order valence-corrected chi connectivity index (χ1v) is 9.44. The number of hydrogen-bond acceptors (Lipinski definition) is 6. The fourth-order valence-electron chi connectivity index (χ4n) is 2.92. The molecule has 0 saturated carbocycles. The molecule has 150 valence electrons. The molecule has 0 aliphatic rings. The van der Waals surface area contributed by atoms with Crippen LogP contribution >= 0.6 is 11.6 Å². The van der Waals surface area contributed by atoms with Crippen molar-refractivity contribution < 1.29 is 14.2 Å². The number of aryl methyl sites for hydroxylation is 1. The van der Waals surface area contributed by atoms with Gasteiger partial charge in [0.05, 0.1) is 4.92 Å². The summed E-state index contributed by atoms with van der Waals surface area (Å²) < 4.78 is 11.3. The van der Waals surface area contributed by atoms with E-state index >= 15 is 0 Å². The van der Waals surface area contributed by atoms with Crippen LogP contribution in [0.2, 0.25) is 5.02 Å². The normalized spacial score (nSPS) is 10.7. The number of nitro groups is 1. The van der Waals surface area contributed by atoms with Crippen molar-refractivity contribution in [3.63, 3.8) is 0 Å². The number of ether oxygens (including phenoxy) is 1. The lowest BCUT2D eigenvalue weighted by atomic mass is 10.1. The van der Waals surface area contributed by atoms with Gasteiger partial charge >= 0.3 is 0 Å². The van der Waals surface area contributed by atoms with Gasteiger partial charge in [0.15, 0.2) is 0 Å². The third kappa shape index (κ3) is 4.31. The maximum Gasteiger partial charge on any atom is 0.269 e. The molecular formula is C22H16ClN3O4. The molecule has 0 spiro atoms. The average Bonchev–Trinajstić information content (AvgIpc) is 3.24. The topological polar surface area (TPSA) is 91.3 Å². The summed E-state index contributed by atoms with van der Waals surface area (Å²) in [7, 11) is 0.